The Balaban J connectivity index is 2.52. The van der Waals surface area contributed by atoms with Crippen molar-refractivity contribution in [1.82, 2.24) is 0 Å². The summed E-state index contributed by atoms with van der Waals surface area (Å²) in [5.74, 6) is 0. The molecule has 0 N–H and O–H groups in total. The van der Waals surface area contributed by atoms with Crippen LogP contribution in [-0.2, 0) is 0 Å². The van der Waals surface area contributed by atoms with E-state index >= 15 is 0 Å². The van der Waals surface area contributed by atoms with Crippen LogP contribution in [0.5, 0.6) is 0 Å². The molecule has 2 heteroatoms. The molecule has 0 aliphatic rings. The summed E-state index contributed by atoms with van der Waals surface area (Å²) in [7, 11) is 0. The number of aryl methyl sites for hydroxylation is 1. The third-order valence-corrected chi connectivity index (χ3v) is 5.09. The first-order valence-corrected chi connectivity index (χ1v) is 7.33. The molecule has 0 fully saturated rings. The first-order chi connectivity index (χ1) is 7.26. The number of hydrogen-bond donors (Lipinski definition) is 0. The van der Waals surface area contributed by atoms with Gasteiger partial charge in [0.1, 0.15) is 0 Å². The average molecular weight is 266 g/mol. The molecule has 1 nitrogen and oxygen atoms in total. The Morgan fingerprint density at radius 3 is 2.60 bits per heavy atom. The van der Waals surface area contributed by atoms with Gasteiger partial charge in [-0.3, -0.25) is 0 Å². The van der Waals surface area contributed by atoms with Gasteiger partial charge >= 0.3 is 97.3 Å². The summed E-state index contributed by atoms with van der Waals surface area (Å²) in [5, 5.41) is 1.44. The van der Waals surface area contributed by atoms with E-state index < -0.39 is 0 Å². The SMILES string of the molecule is CCN(CC)c1cc(C)c2[se]ccc2c1. The summed E-state index contributed by atoms with van der Waals surface area (Å²) in [5.41, 5.74) is 2.83. The number of hydrogen-bond acceptors (Lipinski definition) is 1. The number of benzene rings is 1. The molecule has 80 valence electrons. The summed E-state index contributed by atoms with van der Waals surface area (Å²) in [6, 6.07) is 6.94. The molecule has 0 spiro atoms. The van der Waals surface area contributed by atoms with Crippen LogP contribution in [0.25, 0.3) is 9.65 Å². The van der Waals surface area contributed by atoms with Crippen LogP contribution in [0.2, 0.25) is 0 Å². The zero-order valence-corrected chi connectivity index (χ0v) is 11.3. The second-order valence-electron chi connectivity index (χ2n) is 3.77. The van der Waals surface area contributed by atoms with Gasteiger partial charge in [0, 0.05) is 0 Å². The number of nitrogens with zero attached hydrogens (tertiary/aromatic N) is 1. The fourth-order valence-corrected chi connectivity index (χ4v) is 3.81. The molecule has 1 aromatic heterocycles. The van der Waals surface area contributed by atoms with E-state index in [-0.39, 0.29) is 0 Å². The van der Waals surface area contributed by atoms with Crippen LogP contribution in [0, 0.1) is 6.92 Å². The second kappa shape index (κ2) is 4.42. The van der Waals surface area contributed by atoms with Gasteiger partial charge in [-0.15, -0.1) is 0 Å². The van der Waals surface area contributed by atoms with Crippen molar-refractivity contribution in [1.29, 1.82) is 0 Å². The van der Waals surface area contributed by atoms with E-state index in [1.807, 2.05) is 0 Å². The van der Waals surface area contributed by atoms with Gasteiger partial charge in [0.15, 0.2) is 0 Å². The number of anilines is 1. The second-order valence-corrected chi connectivity index (χ2v) is 5.70. The van der Waals surface area contributed by atoms with Crippen LogP contribution >= 0.6 is 0 Å². The maximum atomic E-state index is 2.41. The predicted octanol–water partition coefficient (Wildman–Crippen LogP) is 3.05. The Morgan fingerprint density at radius 1 is 1.20 bits per heavy atom. The van der Waals surface area contributed by atoms with Gasteiger partial charge in [-0.2, -0.15) is 0 Å². The summed E-state index contributed by atoms with van der Waals surface area (Å²) >= 11 is 0.571. The van der Waals surface area contributed by atoms with Crippen molar-refractivity contribution in [2.24, 2.45) is 0 Å². The molecule has 0 amide bonds. The van der Waals surface area contributed by atoms with Crippen molar-refractivity contribution in [2.45, 2.75) is 20.8 Å². The minimum atomic E-state index is 0.571. The van der Waals surface area contributed by atoms with Crippen molar-refractivity contribution in [3.8, 4) is 0 Å². The third-order valence-electron chi connectivity index (χ3n) is 2.85. The minimum absolute atomic E-state index is 0.571. The molecule has 0 unspecified atom stereocenters. The zero-order valence-electron chi connectivity index (χ0n) is 9.58. The molecular formula is C13H17NSe. The average Bonchev–Trinajstić information content (AvgIpc) is 2.68. The molecule has 0 aliphatic heterocycles. The topological polar surface area (TPSA) is 3.24 Å². The Labute approximate surface area is 97.5 Å². The van der Waals surface area contributed by atoms with Gasteiger partial charge in [0.2, 0.25) is 0 Å². The first kappa shape index (κ1) is 10.8. The van der Waals surface area contributed by atoms with Crippen LogP contribution in [-0.4, -0.2) is 27.6 Å². The Bertz CT molecular complexity index is 455. The zero-order chi connectivity index (χ0) is 10.8. The van der Waals surface area contributed by atoms with Gasteiger partial charge in [-0.25, -0.2) is 0 Å². The van der Waals surface area contributed by atoms with E-state index in [2.05, 4.69) is 48.8 Å². The van der Waals surface area contributed by atoms with Gasteiger partial charge in [-0.05, 0) is 0 Å². The van der Waals surface area contributed by atoms with Crippen molar-refractivity contribution in [3.05, 3.63) is 28.7 Å². The number of fused-ring (bicyclic) bond motifs is 1. The van der Waals surface area contributed by atoms with Gasteiger partial charge in [-0.1, -0.05) is 0 Å². The molecule has 1 aromatic carbocycles. The summed E-state index contributed by atoms with van der Waals surface area (Å²) in [6.07, 6.45) is 0. The fraction of sp³-hybridized carbons (Fsp3) is 0.385. The van der Waals surface area contributed by atoms with Crippen molar-refractivity contribution >= 4 is 29.8 Å². The van der Waals surface area contributed by atoms with Gasteiger partial charge in [0.05, 0.1) is 0 Å². The molecule has 0 saturated heterocycles. The first-order valence-electron chi connectivity index (χ1n) is 5.49. The molecule has 2 aromatic rings. The summed E-state index contributed by atoms with van der Waals surface area (Å²) in [4.78, 5) is 4.73. The molecular weight excluding hydrogens is 249 g/mol. The molecule has 0 atom stereocenters. The predicted molar refractivity (Wildman–Crippen MR) is 69.2 cm³/mol. The molecule has 1 heterocycles. The molecule has 0 saturated carbocycles. The molecule has 2 rings (SSSR count). The van der Waals surface area contributed by atoms with Crippen LogP contribution < -0.4 is 4.90 Å². The van der Waals surface area contributed by atoms with Crippen LogP contribution in [0.4, 0.5) is 5.69 Å². The van der Waals surface area contributed by atoms with E-state index in [0.717, 1.165) is 13.1 Å². The van der Waals surface area contributed by atoms with Crippen LogP contribution in [0.3, 0.4) is 0 Å². The van der Waals surface area contributed by atoms with Crippen molar-refractivity contribution in [2.75, 3.05) is 18.0 Å². The Kier molecular flexibility index (Phi) is 3.18. The standard InChI is InChI=1S/C13H17NSe/c1-4-14(5-2)12-8-10(3)13-11(9-12)6-7-15-13/h6-9H,4-5H2,1-3H3. The normalized spacial score (nSPS) is 10.9. The fourth-order valence-electron chi connectivity index (χ4n) is 2.01. The maximum absolute atomic E-state index is 2.41. The Hall–Kier alpha value is -0.721. The quantitative estimate of drug-likeness (QED) is 0.772. The summed E-state index contributed by atoms with van der Waals surface area (Å²) in [6.45, 7) is 8.84. The van der Waals surface area contributed by atoms with Gasteiger partial charge < -0.3 is 0 Å². The Morgan fingerprint density at radius 2 is 1.93 bits per heavy atom. The van der Waals surface area contributed by atoms with E-state index in [1.54, 1.807) is 4.26 Å². The van der Waals surface area contributed by atoms with Gasteiger partial charge in [0.25, 0.3) is 0 Å². The van der Waals surface area contributed by atoms with Crippen molar-refractivity contribution < 1.29 is 0 Å². The van der Waals surface area contributed by atoms with Crippen LogP contribution in [0.1, 0.15) is 19.4 Å². The van der Waals surface area contributed by atoms with E-state index in [4.69, 9.17) is 0 Å². The summed E-state index contributed by atoms with van der Waals surface area (Å²) < 4.78 is 1.57. The van der Waals surface area contributed by atoms with Crippen molar-refractivity contribution in [3.63, 3.8) is 0 Å². The van der Waals surface area contributed by atoms with E-state index in [1.165, 1.54) is 16.6 Å². The molecule has 0 bridgehead atoms. The molecule has 15 heavy (non-hydrogen) atoms. The third kappa shape index (κ3) is 1.97. The van der Waals surface area contributed by atoms with Crippen LogP contribution in [0.15, 0.2) is 23.1 Å². The monoisotopic (exact) mass is 267 g/mol. The van der Waals surface area contributed by atoms with E-state index in [9.17, 15) is 0 Å². The molecule has 0 radical (unpaired) electrons. The molecule has 0 aliphatic carbocycles. The number of rotatable bonds is 3. The van der Waals surface area contributed by atoms with E-state index in [0.29, 0.717) is 14.5 Å².